The third-order valence-electron chi connectivity index (χ3n) is 6.61. The Labute approximate surface area is 223 Å². The molecule has 212 valence electrons. The van der Waals surface area contributed by atoms with Gasteiger partial charge in [-0.15, -0.1) is 0 Å². The Kier molecular flexibility index (Phi) is 13.6. The molecule has 0 spiro atoms. The minimum absolute atomic E-state index is 0.121. The van der Waals surface area contributed by atoms with Crippen LogP contribution in [0, 0.1) is 22.7 Å². The zero-order chi connectivity index (χ0) is 28.2. The van der Waals surface area contributed by atoms with Crippen LogP contribution in [0.3, 0.4) is 0 Å². The maximum absolute atomic E-state index is 12.6. The topological polar surface area (TPSA) is 110 Å². The maximum Gasteiger partial charge on any atom is 0.311 e. The average molecular weight is 523 g/mol. The summed E-state index contributed by atoms with van der Waals surface area (Å²) in [4.78, 5) is 35.9. The number of unbranched alkanes of at least 4 members (excludes halogenated alkanes) is 3. The van der Waals surface area contributed by atoms with Crippen LogP contribution in [0.5, 0.6) is 0 Å². The van der Waals surface area contributed by atoms with E-state index in [4.69, 9.17) is 14.6 Å². The van der Waals surface area contributed by atoms with Crippen molar-refractivity contribution >= 4 is 17.9 Å². The summed E-state index contributed by atoms with van der Waals surface area (Å²) in [5, 5.41) is 19.8. The maximum atomic E-state index is 12.6. The molecule has 37 heavy (non-hydrogen) atoms. The summed E-state index contributed by atoms with van der Waals surface area (Å²) in [6.45, 7) is 13.0. The number of carboxylic acids is 1. The molecule has 0 heterocycles. The van der Waals surface area contributed by atoms with Crippen LogP contribution in [0.2, 0.25) is 0 Å². The van der Waals surface area contributed by atoms with E-state index in [9.17, 15) is 19.5 Å². The van der Waals surface area contributed by atoms with Crippen molar-refractivity contribution in [3.8, 4) is 0 Å². The summed E-state index contributed by atoms with van der Waals surface area (Å²) in [5.41, 5.74) is -1.26. The van der Waals surface area contributed by atoms with Crippen LogP contribution in [0.15, 0.2) is 24.3 Å². The lowest BCUT2D eigenvalue weighted by Crippen LogP contribution is -2.31. The van der Waals surface area contributed by atoms with Crippen molar-refractivity contribution in [3.63, 3.8) is 0 Å². The number of esters is 2. The molecule has 0 bridgehead atoms. The van der Waals surface area contributed by atoms with Crippen LogP contribution < -0.4 is 0 Å². The van der Waals surface area contributed by atoms with E-state index in [1.165, 1.54) is 0 Å². The van der Waals surface area contributed by atoms with Gasteiger partial charge in [-0.25, -0.2) is 0 Å². The predicted molar refractivity (Wildman–Crippen MR) is 145 cm³/mol. The zero-order valence-corrected chi connectivity index (χ0v) is 24.0. The van der Waals surface area contributed by atoms with Gasteiger partial charge in [-0.3, -0.25) is 14.4 Å². The summed E-state index contributed by atoms with van der Waals surface area (Å²) in [6, 6.07) is 0. The highest BCUT2D eigenvalue weighted by molar-refractivity contribution is 5.76. The van der Waals surface area contributed by atoms with Crippen molar-refractivity contribution in [3.05, 3.63) is 24.3 Å². The number of carbonyl (C=O) groups is 3. The molecule has 0 aromatic rings. The van der Waals surface area contributed by atoms with Gasteiger partial charge >= 0.3 is 17.9 Å². The van der Waals surface area contributed by atoms with Gasteiger partial charge in [0.2, 0.25) is 0 Å². The largest absolute Gasteiger partial charge is 0.481 e. The van der Waals surface area contributed by atoms with Crippen LogP contribution in [-0.2, 0) is 23.9 Å². The number of rotatable bonds is 14. The Morgan fingerprint density at radius 1 is 0.973 bits per heavy atom. The smallest absolute Gasteiger partial charge is 0.311 e. The van der Waals surface area contributed by atoms with Gasteiger partial charge in [0.25, 0.3) is 0 Å². The Morgan fingerprint density at radius 3 is 2.19 bits per heavy atom. The second-order valence-electron chi connectivity index (χ2n) is 12.3. The summed E-state index contributed by atoms with van der Waals surface area (Å²) >= 11 is 0. The van der Waals surface area contributed by atoms with Crippen molar-refractivity contribution in [1.29, 1.82) is 0 Å². The van der Waals surface area contributed by atoms with Crippen molar-refractivity contribution in [2.45, 2.75) is 125 Å². The molecule has 7 heteroatoms. The lowest BCUT2D eigenvalue weighted by molar-refractivity contribution is -0.160. The van der Waals surface area contributed by atoms with Gasteiger partial charge < -0.3 is 19.7 Å². The van der Waals surface area contributed by atoms with Crippen LogP contribution >= 0.6 is 0 Å². The van der Waals surface area contributed by atoms with E-state index in [0.717, 1.165) is 19.3 Å². The quantitative estimate of drug-likeness (QED) is 0.158. The van der Waals surface area contributed by atoms with Gasteiger partial charge in [0.1, 0.15) is 12.2 Å². The molecule has 0 radical (unpaired) electrons. The van der Waals surface area contributed by atoms with Crippen LogP contribution in [0.25, 0.3) is 0 Å². The second-order valence-corrected chi connectivity index (χ2v) is 12.3. The van der Waals surface area contributed by atoms with Gasteiger partial charge in [-0.2, -0.15) is 0 Å². The predicted octanol–water partition coefficient (Wildman–Crippen LogP) is 6.24. The molecule has 1 saturated carbocycles. The molecule has 5 atom stereocenters. The van der Waals surface area contributed by atoms with E-state index in [1.807, 2.05) is 45.1 Å². The number of aliphatic carboxylic acids is 1. The summed E-state index contributed by atoms with van der Waals surface area (Å²) in [7, 11) is 0. The van der Waals surface area contributed by atoms with E-state index in [2.05, 4.69) is 6.92 Å². The van der Waals surface area contributed by atoms with E-state index >= 15 is 0 Å². The first-order valence-corrected chi connectivity index (χ1v) is 13.8. The minimum Gasteiger partial charge on any atom is -0.481 e. The molecular formula is C30H50O7. The third-order valence-corrected chi connectivity index (χ3v) is 6.61. The molecule has 0 saturated heterocycles. The standard InChI is InChI=1S/C30H50O7/c1-8-9-12-15-21(36-27(34)29(2,3)4)18-19-22-23(16-13-10-11-14-17-26(32)33)25(20-24(22)31)37-28(35)30(5,6)7/h10,13,18-19,21-25,31H,8-9,11-12,14-17,20H2,1-7H3,(H,32,33)/b13-10+,19-18+/t21-,22+,23+,24+,25-/m0/s1. The van der Waals surface area contributed by atoms with Gasteiger partial charge in [0.05, 0.1) is 16.9 Å². The summed E-state index contributed by atoms with van der Waals surface area (Å²) in [6.07, 6.45) is 12.3. The minimum atomic E-state index is -0.813. The van der Waals surface area contributed by atoms with Crippen LogP contribution in [0.4, 0.5) is 0 Å². The summed E-state index contributed by atoms with van der Waals surface area (Å²) < 4.78 is 11.7. The van der Waals surface area contributed by atoms with E-state index in [-0.39, 0.29) is 36.3 Å². The van der Waals surface area contributed by atoms with E-state index in [0.29, 0.717) is 32.1 Å². The SMILES string of the molecule is CCCCC[C@@H](/C=C/[C@@H]1[C@@H](C/C=C/CCCC(=O)O)[C@@H](OC(=O)C(C)(C)C)C[C@H]1O)OC(=O)C(C)(C)C. The van der Waals surface area contributed by atoms with Gasteiger partial charge in [0.15, 0.2) is 0 Å². The first kappa shape index (κ1) is 32.9. The van der Waals surface area contributed by atoms with Gasteiger partial charge in [-0.1, -0.05) is 38.0 Å². The lowest BCUT2D eigenvalue weighted by Gasteiger charge is -2.26. The fourth-order valence-corrected chi connectivity index (χ4v) is 4.23. The average Bonchev–Trinajstić information content (AvgIpc) is 3.06. The lowest BCUT2D eigenvalue weighted by atomic mass is 9.89. The number of hydrogen-bond donors (Lipinski definition) is 2. The zero-order valence-electron chi connectivity index (χ0n) is 24.0. The second kappa shape index (κ2) is 15.3. The fraction of sp³-hybridized carbons (Fsp3) is 0.767. The highest BCUT2D eigenvalue weighted by Crippen LogP contribution is 2.39. The van der Waals surface area contributed by atoms with Crippen molar-refractivity contribution in [2.75, 3.05) is 0 Å². The van der Waals surface area contributed by atoms with E-state index in [1.54, 1.807) is 20.8 Å². The van der Waals surface area contributed by atoms with Crippen molar-refractivity contribution in [2.24, 2.45) is 22.7 Å². The molecular weight excluding hydrogens is 472 g/mol. The first-order valence-electron chi connectivity index (χ1n) is 13.8. The monoisotopic (exact) mass is 522 g/mol. The molecule has 0 aliphatic heterocycles. The molecule has 1 aliphatic rings. The number of carboxylic acid groups (broad SMARTS) is 1. The third kappa shape index (κ3) is 12.3. The number of aliphatic hydroxyl groups excluding tert-OH is 1. The Balaban J connectivity index is 3.07. The Bertz CT molecular complexity index is 785. The normalized spacial score (nSPS) is 23.5. The molecule has 0 aromatic carbocycles. The first-order chi connectivity index (χ1) is 17.2. The van der Waals surface area contributed by atoms with Crippen molar-refractivity contribution < 1.29 is 34.1 Å². The number of hydrogen-bond acceptors (Lipinski definition) is 6. The fourth-order valence-electron chi connectivity index (χ4n) is 4.23. The number of aliphatic hydroxyl groups is 1. The molecule has 0 amide bonds. The summed E-state index contributed by atoms with van der Waals surface area (Å²) in [5.74, 6) is -1.77. The molecule has 1 aliphatic carbocycles. The molecule has 0 aromatic heterocycles. The molecule has 0 unspecified atom stereocenters. The highest BCUT2D eigenvalue weighted by Gasteiger charge is 2.44. The van der Waals surface area contributed by atoms with Crippen LogP contribution in [-0.4, -0.2) is 46.4 Å². The number of ether oxygens (including phenoxy) is 2. The molecule has 1 fully saturated rings. The molecule has 7 nitrogen and oxygen atoms in total. The number of carbonyl (C=O) groups excluding carboxylic acids is 2. The molecule has 1 rings (SSSR count). The Hall–Kier alpha value is -2.15. The van der Waals surface area contributed by atoms with Gasteiger partial charge in [0, 0.05) is 24.7 Å². The van der Waals surface area contributed by atoms with Crippen LogP contribution in [0.1, 0.15) is 106 Å². The van der Waals surface area contributed by atoms with Gasteiger partial charge in [-0.05, 0) is 79.7 Å². The van der Waals surface area contributed by atoms with Crippen molar-refractivity contribution in [1.82, 2.24) is 0 Å². The van der Waals surface area contributed by atoms with E-state index < -0.39 is 29.0 Å². The molecule has 2 N–H and O–H groups in total. The number of allylic oxidation sites excluding steroid dienone is 2. The highest BCUT2D eigenvalue weighted by atomic mass is 16.5. The Morgan fingerprint density at radius 2 is 1.62 bits per heavy atom.